The van der Waals surface area contributed by atoms with Gasteiger partial charge in [-0.1, -0.05) is 45.2 Å². The van der Waals surface area contributed by atoms with Gasteiger partial charge in [-0.05, 0) is 18.6 Å². The normalized spacial score (nSPS) is 12.4. The highest BCUT2D eigenvalue weighted by atomic mass is 32.2. The van der Waals surface area contributed by atoms with E-state index < -0.39 is 5.97 Å². The number of aromatic carboxylic acids is 1. The van der Waals surface area contributed by atoms with Crippen molar-refractivity contribution in [3.05, 3.63) is 29.8 Å². The molecule has 0 aliphatic carbocycles. The Hall–Kier alpha value is -0.960. The minimum Gasteiger partial charge on any atom is -0.478 e. The molecule has 1 N–H and O–H groups in total. The fraction of sp³-hybridized carbons (Fsp3) is 0.500. The maximum atomic E-state index is 11.1. The Labute approximate surface area is 107 Å². The van der Waals surface area contributed by atoms with E-state index in [2.05, 4.69) is 13.8 Å². The highest BCUT2D eigenvalue weighted by molar-refractivity contribution is 8.00. The van der Waals surface area contributed by atoms with Crippen LogP contribution in [0.4, 0.5) is 0 Å². The van der Waals surface area contributed by atoms with Gasteiger partial charge in [-0.2, -0.15) is 0 Å². The minimum atomic E-state index is -0.839. The number of carboxylic acids is 1. The topological polar surface area (TPSA) is 37.3 Å². The van der Waals surface area contributed by atoms with E-state index in [1.54, 1.807) is 23.9 Å². The molecular weight excluding hydrogens is 232 g/mol. The lowest BCUT2D eigenvalue weighted by Crippen LogP contribution is -2.02. The Balaban J connectivity index is 2.58. The smallest absolute Gasteiger partial charge is 0.336 e. The van der Waals surface area contributed by atoms with Crippen molar-refractivity contribution in [2.45, 2.75) is 49.7 Å². The van der Waals surface area contributed by atoms with Crippen LogP contribution < -0.4 is 0 Å². The summed E-state index contributed by atoms with van der Waals surface area (Å²) in [5, 5.41) is 9.55. The molecule has 1 aromatic rings. The second kappa shape index (κ2) is 7.38. The third kappa shape index (κ3) is 4.82. The summed E-state index contributed by atoms with van der Waals surface area (Å²) in [6.07, 6.45) is 4.85. The van der Waals surface area contributed by atoms with Crippen molar-refractivity contribution < 1.29 is 9.90 Å². The lowest BCUT2D eigenvalue weighted by molar-refractivity contribution is 0.0693. The molecule has 17 heavy (non-hydrogen) atoms. The minimum absolute atomic E-state index is 0.417. The number of carboxylic acid groups (broad SMARTS) is 1. The predicted molar refractivity (Wildman–Crippen MR) is 72.9 cm³/mol. The van der Waals surface area contributed by atoms with E-state index in [4.69, 9.17) is 5.11 Å². The summed E-state index contributed by atoms with van der Waals surface area (Å²) in [5.41, 5.74) is 0.417. The lowest BCUT2D eigenvalue weighted by Gasteiger charge is -2.12. The van der Waals surface area contributed by atoms with E-state index in [0.717, 1.165) is 11.3 Å². The number of hydrogen-bond acceptors (Lipinski definition) is 2. The van der Waals surface area contributed by atoms with E-state index in [0.29, 0.717) is 10.8 Å². The molecular formula is C14H20O2S. The first-order chi connectivity index (χ1) is 8.15. The van der Waals surface area contributed by atoms with Gasteiger partial charge in [-0.3, -0.25) is 0 Å². The molecule has 3 heteroatoms. The molecule has 0 aromatic heterocycles. The highest BCUT2D eigenvalue weighted by Crippen LogP contribution is 2.29. The Morgan fingerprint density at radius 1 is 1.35 bits per heavy atom. The van der Waals surface area contributed by atoms with Crippen LogP contribution >= 0.6 is 11.8 Å². The van der Waals surface area contributed by atoms with Gasteiger partial charge in [0.05, 0.1) is 5.56 Å². The number of unbranched alkanes of at least 4 members (excludes halogenated alkanes) is 2. The van der Waals surface area contributed by atoms with Gasteiger partial charge in [0.25, 0.3) is 0 Å². The molecule has 1 aromatic carbocycles. The Kier molecular flexibility index (Phi) is 6.12. The maximum Gasteiger partial charge on any atom is 0.336 e. The molecule has 0 aliphatic heterocycles. The van der Waals surface area contributed by atoms with Gasteiger partial charge >= 0.3 is 5.97 Å². The van der Waals surface area contributed by atoms with Gasteiger partial charge in [0.15, 0.2) is 0 Å². The molecule has 0 saturated carbocycles. The zero-order chi connectivity index (χ0) is 12.7. The summed E-state index contributed by atoms with van der Waals surface area (Å²) >= 11 is 1.67. The number of hydrogen-bond donors (Lipinski definition) is 1. The van der Waals surface area contributed by atoms with E-state index >= 15 is 0 Å². The summed E-state index contributed by atoms with van der Waals surface area (Å²) in [6.45, 7) is 4.36. The summed E-state index contributed by atoms with van der Waals surface area (Å²) in [5.74, 6) is -0.839. The molecule has 1 unspecified atom stereocenters. The molecule has 0 radical (unpaired) electrons. The molecule has 0 amide bonds. The molecule has 2 nitrogen and oxygen atoms in total. The fourth-order valence-corrected chi connectivity index (χ4v) is 2.86. The van der Waals surface area contributed by atoms with Crippen molar-refractivity contribution >= 4 is 17.7 Å². The van der Waals surface area contributed by atoms with Crippen molar-refractivity contribution in [1.82, 2.24) is 0 Å². The first kappa shape index (κ1) is 14.1. The molecule has 0 fully saturated rings. The third-order valence-electron chi connectivity index (χ3n) is 2.66. The van der Waals surface area contributed by atoms with Crippen LogP contribution in [0.2, 0.25) is 0 Å². The maximum absolute atomic E-state index is 11.1. The number of benzene rings is 1. The summed E-state index contributed by atoms with van der Waals surface area (Å²) < 4.78 is 0. The fourth-order valence-electron chi connectivity index (χ4n) is 1.70. The van der Waals surface area contributed by atoms with Crippen LogP contribution in [0.1, 0.15) is 49.9 Å². The second-order valence-corrected chi connectivity index (χ2v) is 5.71. The molecule has 0 bridgehead atoms. The van der Waals surface area contributed by atoms with Gasteiger partial charge < -0.3 is 5.11 Å². The lowest BCUT2D eigenvalue weighted by atomic mass is 10.2. The quantitative estimate of drug-likeness (QED) is 0.575. The molecule has 0 spiro atoms. The van der Waals surface area contributed by atoms with Gasteiger partial charge in [0.1, 0.15) is 0 Å². The number of carbonyl (C=O) groups is 1. The molecule has 1 atom stereocenters. The third-order valence-corrected chi connectivity index (χ3v) is 3.91. The Morgan fingerprint density at radius 2 is 2.06 bits per heavy atom. The SMILES string of the molecule is CCCCCC(C)Sc1ccccc1C(=O)O. The van der Waals surface area contributed by atoms with Crippen LogP contribution in [0.3, 0.4) is 0 Å². The summed E-state index contributed by atoms with van der Waals surface area (Å²) in [6, 6.07) is 7.23. The van der Waals surface area contributed by atoms with E-state index in [1.165, 1.54) is 19.3 Å². The van der Waals surface area contributed by atoms with E-state index in [-0.39, 0.29) is 0 Å². The zero-order valence-electron chi connectivity index (χ0n) is 10.5. The Bertz CT molecular complexity index is 363. The molecule has 94 valence electrons. The second-order valence-electron chi connectivity index (χ2n) is 4.23. The summed E-state index contributed by atoms with van der Waals surface area (Å²) in [4.78, 5) is 11.9. The monoisotopic (exact) mass is 252 g/mol. The van der Waals surface area contributed by atoms with Crippen molar-refractivity contribution in [2.75, 3.05) is 0 Å². The van der Waals surface area contributed by atoms with Crippen LogP contribution in [0.25, 0.3) is 0 Å². The zero-order valence-corrected chi connectivity index (χ0v) is 11.3. The van der Waals surface area contributed by atoms with Crippen molar-refractivity contribution in [2.24, 2.45) is 0 Å². The van der Waals surface area contributed by atoms with Crippen molar-refractivity contribution in [1.29, 1.82) is 0 Å². The van der Waals surface area contributed by atoms with Gasteiger partial charge in [0.2, 0.25) is 0 Å². The highest BCUT2D eigenvalue weighted by Gasteiger charge is 2.12. The van der Waals surface area contributed by atoms with Crippen LogP contribution in [-0.4, -0.2) is 16.3 Å². The number of rotatable bonds is 7. The van der Waals surface area contributed by atoms with Gasteiger partial charge in [-0.25, -0.2) is 4.79 Å². The van der Waals surface area contributed by atoms with Gasteiger partial charge in [0, 0.05) is 10.1 Å². The van der Waals surface area contributed by atoms with Crippen LogP contribution in [-0.2, 0) is 0 Å². The van der Waals surface area contributed by atoms with Gasteiger partial charge in [-0.15, -0.1) is 11.8 Å². The molecule has 0 saturated heterocycles. The first-order valence-corrected chi connectivity index (χ1v) is 7.02. The van der Waals surface area contributed by atoms with Crippen LogP contribution in [0.5, 0.6) is 0 Å². The molecule has 1 rings (SSSR count). The largest absolute Gasteiger partial charge is 0.478 e. The van der Waals surface area contributed by atoms with Crippen molar-refractivity contribution in [3.8, 4) is 0 Å². The van der Waals surface area contributed by atoms with Crippen LogP contribution in [0, 0.1) is 0 Å². The Morgan fingerprint density at radius 3 is 2.71 bits per heavy atom. The standard InChI is InChI=1S/C14H20O2S/c1-3-4-5-8-11(2)17-13-10-7-6-9-12(13)14(15)16/h6-7,9-11H,3-5,8H2,1-2H3,(H,15,16). The summed E-state index contributed by atoms with van der Waals surface area (Å²) in [7, 11) is 0. The molecule has 0 heterocycles. The first-order valence-electron chi connectivity index (χ1n) is 6.14. The average molecular weight is 252 g/mol. The average Bonchev–Trinajstić information content (AvgIpc) is 2.29. The predicted octanol–water partition coefficient (Wildman–Crippen LogP) is 4.45. The molecule has 0 aliphatic rings. The van der Waals surface area contributed by atoms with Crippen LogP contribution in [0.15, 0.2) is 29.2 Å². The van der Waals surface area contributed by atoms with E-state index in [1.807, 2.05) is 12.1 Å². The number of thioether (sulfide) groups is 1. The van der Waals surface area contributed by atoms with Crippen molar-refractivity contribution in [3.63, 3.8) is 0 Å². The van der Waals surface area contributed by atoms with E-state index in [9.17, 15) is 4.79 Å².